The lowest BCUT2D eigenvalue weighted by Crippen LogP contribution is -2.31. The molecule has 0 unspecified atom stereocenters. The fourth-order valence-corrected chi connectivity index (χ4v) is 3.82. The lowest BCUT2D eigenvalue weighted by Gasteiger charge is -2.30. The van der Waals surface area contributed by atoms with Crippen LogP contribution in [-0.4, -0.2) is 36.7 Å². The average Bonchev–Trinajstić information content (AvgIpc) is 2.56. The van der Waals surface area contributed by atoms with Gasteiger partial charge in [-0.05, 0) is 77.0 Å². The molecule has 0 aromatic carbocycles. The third-order valence-corrected chi connectivity index (χ3v) is 4.06. The average molecular weight is 463 g/mol. The van der Waals surface area contributed by atoms with Gasteiger partial charge in [0, 0.05) is 0 Å². The van der Waals surface area contributed by atoms with Crippen molar-refractivity contribution in [2.24, 2.45) is 10.8 Å². The maximum absolute atomic E-state index is 11.6. The van der Waals surface area contributed by atoms with Gasteiger partial charge >= 0.3 is 12.3 Å². The zero-order chi connectivity index (χ0) is 25.1. The Morgan fingerprint density at radius 3 is 1.12 bits per heavy atom. The second-order valence-corrected chi connectivity index (χ2v) is 11.9. The number of hydrogen-bond acceptors (Lipinski definition) is 8. The van der Waals surface area contributed by atoms with E-state index in [-0.39, 0.29) is 24.0 Å². The zero-order valence-electron chi connectivity index (χ0n) is 21.9. The van der Waals surface area contributed by atoms with Crippen LogP contribution in [0.3, 0.4) is 0 Å². The number of ether oxygens (including phenoxy) is 2. The monoisotopic (exact) mass is 462 g/mol. The molecule has 0 N–H and O–H groups in total. The highest BCUT2D eigenvalue weighted by atomic mass is 17.2. The molecular formula is C24H46O8. The van der Waals surface area contributed by atoms with E-state index in [0.717, 1.165) is 25.7 Å². The van der Waals surface area contributed by atoms with Crippen LogP contribution >= 0.6 is 0 Å². The van der Waals surface area contributed by atoms with Crippen molar-refractivity contribution in [3.05, 3.63) is 0 Å². The first kappa shape index (κ1) is 30.5. The Morgan fingerprint density at radius 2 is 0.844 bits per heavy atom. The second-order valence-electron chi connectivity index (χ2n) is 11.9. The van der Waals surface area contributed by atoms with Crippen LogP contribution in [0.15, 0.2) is 0 Å². The summed E-state index contributed by atoms with van der Waals surface area (Å²) in [5.41, 5.74) is -1.09. The minimum Gasteiger partial charge on any atom is -0.432 e. The molecule has 8 nitrogen and oxygen atoms in total. The summed E-state index contributed by atoms with van der Waals surface area (Å²) in [7, 11) is 0. The highest BCUT2D eigenvalue weighted by Gasteiger charge is 2.30. The van der Waals surface area contributed by atoms with Gasteiger partial charge < -0.3 is 9.47 Å². The van der Waals surface area contributed by atoms with Crippen LogP contribution in [0.4, 0.5) is 9.59 Å². The van der Waals surface area contributed by atoms with E-state index in [1.54, 1.807) is 0 Å². The van der Waals surface area contributed by atoms with Gasteiger partial charge in [-0.15, -0.1) is 0 Å². The van der Waals surface area contributed by atoms with Gasteiger partial charge in [0.05, 0.1) is 13.2 Å². The van der Waals surface area contributed by atoms with Gasteiger partial charge in [0.2, 0.25) is 0 Å². The van der Waals surface area contributed by atoms with Gasteiger partial charge in [-0.1, -0.05) is 41.5 Å². The largest absolute Gasteiger partial charge is 0.540 e. The second kappa shape index (κ2) is 13.2. The first-order valence-corrected chi connectivity index (χ1v) is 11.5. The van der Waals surface area contributed by atoms with Crippen LogP contribution in [0.1, 0.15) is 108 Å². The van der Waals surface area contributed by atoms with E-state index in [2.05, 4.69) is 41.5 Å². The minimum atomic E-state index is -0.840. The van der Waals surface area contributed by atoms with E-state index in [4.69, 9.17) is 29.0 Å². The molecule has 0 aliphatic heterocycles. The van der Waals surface area contributed by atoms with E-state index in [1.165, 1.54) is 0 Å². The summed E-state index contributed by atoms with van der Waals surface area (Å²) in [6.07, 6.45) is 2.76. The van der Waals surface area contributed by atoms with Gasteiger partial charge in [-0.25, -0.2) is 9.59 Å². The Bertz CT molecular complexity index is 505. The molecule has 0 amide bonds. The Balaban J connectivity index is 3.76. The molecule has 0 heterocycles. The van der Waals surface area contributed by atoms with E-state index in [0.29, 0.717) is 12.8 Å². The van der Waals surface area contributed by atoms with Crippen LogP contribution in [0.2, 0.25) is 0 Å². The van der Waals surface area contributed by atoms with Crippen molar-refractivity contribution in [1.82, 2.24) is 0 Å². The number of carbonyl (C=O) groups is 2. The van der Waals surface area contributed by atoms with Gasteiger partial charge in [0.15, 0.2) is 0 Å². The van der Waals surface area contributed by atoms with Crippen LogP contribution in [0.5, 0.6) is 0 Å². The van der Waals surface area contributed by atoms with Crippen molar-refractivity contribution in [1.29, 1.82) is 0 Å². The Morgan fingerprint density at radius 1 is 0.531 bits per heavy atom. The third kappa shape index (κ3) is 19.2. The first-order valence-electron chi connectivity index (χ1n) is 11.5. The minimum absolute atomic E-state index is 0.0487. The summed E-state index contributed by atoms with van der Waals surface area (Å²) < 4.78 is 10.0. The van der Waals surface area contributed by atoms with E-state index < -0.39 is 23.5 Å². The van der Waals surface area contributed by atoms with Crippen molar-refractivity contribution in [3.8, 4) is 0 Å². The molecule has 0 aliphatic carbocycles. The fourth-order valence-electron chi connectivity index (χ4n) is 3.82. The quantitative estimate of drug-likeness (QED) is 0.123. The Hall–Kier alpha value is -1.54. The molecule has 8 heteroatoms. The molecule has 0 aromatic rings. The standard InChI is InChI=1S/C24H46O8/c1-21(2,3)17-23(7,8)31-29-19(25)27-15-13-11-12-14-16-28-20(26)30-32-24(9,10)18-22(4,5)6/h11-18H2,1-10H3. The maximum atomic E-state index is 11.6. The van der Waals surface area contributed by atoms with Gasteiger partial charge in [-0.2, -0.15) is 9.78 Å². The van der Waals surface area contributed by atoms with Crippen molar-refractivity contribution in [2.45, 2.75) is 119 Å². The molecule has 0 rings (SSSR count). The third-order valence-electron chi connectivity index (χ3n) is 4.06. The topological polar surface area (TPSA) is 89.5 Å². The molecule has 32 heavy (non-hydrogen) atoms. The molecule has 0 aromatic heterocycles. The van der Waals surface area contributed by atoms with E-state index >= 15 is 0 Å². The van der Waals surface area contributed by atoms with Crippen molar-refractivity contribution in [3.63, 3.8) is 0 Å². The SMILES string of the molecule is CC(C)(C)CC(C)(C)OOC(=O)OCCCCCCOC(=O)OOC(C)(C)CC(C)(C)C. The van der Waals surface area contributed by atoms with Crippen molar-refractivity contribution >= 4 is 12.3 Å². The summed E-state index contributed by atoms with van der Waals surface area (Å²) in [5.74, 6) is 0. The zero-order valence-corrected chi connectivity index (χ0v) is 21.9. The molecule has 0 saturated heterocycles. The lowest BCUT2D eigenvalue weighted by atomic mass is 9.84. The Kier molecular flexibility index (Phi) is 12.6. The van der Waals surface area contributed by atoms with Crippen LogP contribution in [-0.2, 0) is 29.0 Å². The summed E-state index contributed by atoms with van der Waals surface area (Å²) in [4.78, 5) is 43.2. The highest BCUT2D eigenvalue weighted by Crippen LogP contribution is 2.30. The number of rotatable bonds is 13. The van der Waals surface area contributed by atoms with Crippen molar-refractivity contribution in [2.75, 3.05) is 13.2 Å². The molecule has 0 saturated carbocycles. The predicted molar refractivity (Wildman–Crippen MR) is 122 cm³/mol. The number of hydrogen-bond donors (Lipinski definition) is 0. The van der Waals surface area contributed by atoms with Gasteiger partial charge in [0.1, 0.15) is 11.2 Å². The van der Waals surface area contributed by atoms with E-state index in [9.17, 15) is 9.59 Å². The molecule has 0 fully saturated rings. The first-order chi connectivity index (χ1) is 14.4. The summed E-state index contributed by atoms with van der Waals surface area (Å²) in [6, 6.07) is 0. The Labute approximate surface area is 194 Å². The molecular weight excluding hydrogens is 416 g/mol. The van der Waals surface area contributed by atoms with Crippen molar-refractivity contribution < 1.29 is 38.6 Å². The normalized spacial score (nSPS) is 12.9. The fraction of sp³-hybridized carbons (Fsp3) is 0.917. The molecule has 0 bridgehead atoms. The van der Waals surface area contributed by atoms with Crippen LogP contribution in [0.25, 0.3) is 0 Å². The summed E-state index contributed by atoms with van der Waals surface area (Å²) >= 11 is 0. The molecule has 0 radical (unpaired) electrons. The maximum Gasteiger partial charge on any atom is 0.540 e. The van der Waals surface area contributed by atoms with Crippen LogP contribution in [0, 0.1) is 10.8 Å². The smallest absolute Gasteiger partial charge is 0.432 e. The number of unbranched alkanes of at least 4 members (excludes halogenated alkanes) is 3. The highest BCUT2D eigenvalue weighted by molar-refractivity contribution is 5.59. The molecule has 0 spiro atoms. The summed E-state index contributed by atoms with van der Waals surface area (Å²) in [5, 5.41) is 0. The van der Waals surface area contributed by atoms with E-state index in [1.807, 2.05) is 27.7 Å². The lowest BCUT2D eigenvalue weighted by molar-refractivity contribution is -0.322. The molecule has 190 valence electrons. The van der Waals surface area contributed by atoms with Gasteiger partial charge in [0.25, 0.3) is 0 Å². The number of carbonyl (C=O) groups excluding carboxylic acids is 2. The summed E-state index contributed by atoms with van der Waals surface area (Å²) in [6.45, 7) is 20.5. The van der Waals surface area contributed by atoms with Crippen LogP contribution < -0.4 is 0 Å². The van der Waals surface area contributed by atoms with Gasteiger partial charge in [-0.3, -0.25) is 9.78 Å². The molecule has 0 aliphatic rings. The molecule has 0 atom stereocenters. The predicted octanol–water partition coefficient (Wildman–Crippen LogP) is 7.15.